The summed E-state index contributed by atoms with van der Waals surface area (Å²) in [6.07, 6.45) is 0.263. The SMILES string of the molecule is CC(=O)[C@H]1CC(C(=O)Nc2ccc(N(C)C)c(Cl)c2)=NN1c1ccccc1. The molecule has 0 spiro atoms. The summed E-state index contributed by atoms with van der Waals surface area (Å²) in [6.45, 7) is 1.51. The van der Waals surface area contributed by atoms with E-state index in [4.69, 9.17) is 11.6 Å². The van der Waals surface area contributed by atoms with Crippen molar-refractivity contribution in [1.29, 1.82) is 0 Å². The van der Waals surface area contributed by atoms with Gasteiger partial charge in [-0.3, -0.25) is 14.6 Å². The fourth-order valence-corrected chi connectivity index (χ4v) is 3.28. The molecule has 1 heterocycles. The molecule has 27 heavy (non-hydrogen) atoms. The van der Waals surface area contributed by atoms with Gasteiger partial charge in [0.05, 0.1) is 16.4 Å². The van der Waals surface area contributed by atoms with Crippen LogP contribution in [0.3, 0.4) is 0 Å². The van der Waals surface area contributed by atoms with Gasteiger partial charge in [0.2, 0.25) is 0 Å². The van der Waals surface area contributed by atoms with Crippen molar-refractivity contribution in [2.75, 3.05) is 29.3 Å². The summed E-state index contributed by atoms with van der Waals surface area (Å²) in [5.74, 6) is -0.378. The van der Waals surface area contributed by atoms with Crippen LogP contribution in [0.15, 0.2) is 53.6 Å². The van der Waals surface area contributed by atoms with Gasteiger partial charge < -0.3 is 10.2 Å². The molecule has 1 aliphatic heterocycles. The van der Waals surface area contributed by atoms with Crippen molar-refractivity contribution in [1.82, 2.24) is 0 Å². The van der Waals surface area contributed by atoms with E-state index >= 15 is 0 Å². The van der Waals surface area contributed by atoms with Crippen LogP contribution in [0.1, 0.15) is 13.3 Å². The van der Waals surface area contributed by atoms with E-state index in [1.54, 1.807) is 17.1 Å². The van der Waals surface area contributed by atoms with Crippen molar-refractivity contribution in [3.05, 3.63) is 53.6 Å². The lowest BCUT2D eigenvalue weighted by atomic mass is 10.1. The molecule has 0 saturated heterocycles. The number of hydrogen-bond donors (Lipinski definition) is 1. The molecule has 2 aromatic carbocycles. The first kappa shape index (κ1) is 18.9. The number of nitrogens with zero attached hydrogens (tertiary/aromatic N) is 3. The number of anilines is 3. The summed E-state index contributed by atoms with van der Waals surface area (Å²) in [5.41, 5.74) is 2.53. The molecule has 0 aliphatic carbocycles. The monoisotopic (exact) mass is 384 g/mol. The van der Waals surface area contributed by atoms with E-state index in [9.17, 15) is 9.59 Å². The molecular weight excluding hydrogens is 364 g/mol. The fraction of sp³-hybridized carbons (Fsp3) is 0.250. The Kier molecular flexibility index (Phi) is 5.46. The summed E-state index contributed by atoms with van der Waals surface area (Å²) in [5, 5.41) is 9.36. The van der Waals surface area contributed by atoms with Crippen LogP contribution < -0.4 is 15.2 Å². The number of rotatable bonds is 5. The van der Waals surface area contributed by atoms with Gasteiger partial charge in [0.15, 0.2) is 5.78 Å². The van der Waals surface area contributed by atoms with Crippen LogP contribution in [0.25, 0.3) is 0 Å². The molecule has 140 valence electrons. The third-order valence-corrected chi connectivity index (χ3v) is 4.65. The third kappa shape index (κ3) is 4.11. The molecule has 2 aromatic rings. The van der Waals surface area contributed by atoms with Gasteiger partial charge >= 0.3 is 0 Å². The van der Waals surface area contributed by atoms with Crippen molar-refractivity contribution in [3.8, 4) is 0 Å². The fourth-order valence-electron chi connectivity index (χ4n) is 2.93. The van der Waals surface area contributed by atoms with Crippen molar-refractivity contribution < 1.29 is 9.59 Å². The van der Waals surface area contributed by atoms with Crippen LogP contribution in [0.4, 0.5) is 17.1 Å². The van der Waals surface area contributed by atoms with Crippen LogP contribution in [0.5, 0.6) is 0 Å². The molecule has 7 heteroatoms. The molecule has 0 aromatic heterocycles. The molecule has 1 N–H and O–H groups in total. The Labute approximate surface area is 163 Å². The number of Topliss-reactive ketones (excluding diaryl/α,β-unsaturated/α-hetero) is 1. The highest BCUT2D eigenvalue weighted by Gasteiger charge is 2.34. The van der Waals surface area contributed by atoms with Gasteiger partial charge in [-0.15, -0.1) is 0 Å². The lowest BCUT2D eigenvalue weighted by molar-refractivity contribution is -0.118. The van der Waals surface area contributed by atoms with Crippen molar-refractivity contribution in [3.63, 3.8) is 0 Å². The number of nitrogens with one attached hydrogen (secondary N) is 1. The van der Waals surface area contributed by atoms with Gasteiger partial charge in [0.1, 0.15) is 11.8 Å². The molecule has 6 nitrogen and oxygen atoms in total. The normalized spacial score (nSPS) is 16.1. The smallest absolute Gasteiger partial charge is 0.271 e. The molecule has 1 atom stereocenters. The zero-order chi connectivity index (χ0) is 19.6. The summed E-state index contributed by atoms with van der Waals surface area (Å²) in [4.78, 5) is 26.6. The number of halogens is 1. The van der Waals surface area contributed by atoms with Gasteiger partial charge in [-0.2, -0.15) is 5.10 Å². The summed E-state index contributed by atoms with van der Waals surface area (Å²) < 4.78 is 0. The number of hydrazone groups is 1. The first-order chi connectivity index (χ1) is 12.9. The number of benzene rings is 2. The van der Waals surface area contributed by atoms with Crippen LogP contribution in [0.2, 0.25) is 5.02 Å². The van der Waals surface area contributed by atoms with E-state index in [1.807, 2.05) is 55.4 Å². The summed E-state index contributed by atoms with van der Waals surface area (Å²) in [6, 6.07) is 14.2. The number of ketones is 1. The lowest BCUT2D eigenvalue weighted by Gasteiger charge is -2.20. The standard InChI is InChI=1S/C20H21ClN4O2/c1-13(26)19-12-17(23-25(19)15-7-5-4-6-8-15)20(27)22-14-9-10-18(24(2)3)16(21)11-14/h4-11,19H,12H2,1-3H3,(H,22,27)/t19-/m1/s1. The van der Waals surface area contributed by atoms with Crippen molar-refractivity contribution >= 4 is 46.1 Å². The molecule has 0 unspecified atom stereocenters. The zero-order valence-corrected chi connectivity index (χ0v) is 16.2. The van der Waals surface area contributed by atoms with Gasteiger partial charge in [0.25, 0.3) is 5.91 Å². The van der Waals surface area contributed by atoms with Crippen molar-refractivity contribution in [2.45, 2.75) is 19.4 Å². The lowest BCUT2D eigenvalue weighted by Crippen LogP contribution is -2.33. The molecule has 1 amide bonds. The largest absolute Gasteiger partial charge is 0.376 e. The topological polar surface area (TPSA) is 65.0 Å². The van der Waals surface area contributed by atoms with Crippen LogP contribution in [0, 0.1) is 0 Å². The van der Waals surface area contributed by atoms with E-state index in [2.05, 4.69) is 10.4 Å². The van der Waals surface area contributed by atoms with Gasteiger partial charge in [-0.05, 0) is 37.3 Å². The second-order valence-electron chi connectivity index (χ2n) is 6.57. The molecule has 0 fully saturated rings. The maximum atomic E-state index is 12.7. The maximum Gasteiger partial charge on any atom is 0.271 e. The van der Waals surface area contributed by atoms with E-state index < -0.39 is 6.04 Å². The Hall–Kier alpha value is -2.86. The Morgan fingerprint density at radius 2 is 1.89 bits per heavy atom. The minimum Gasteiger partial charge on any atom is -0.376 e. The molecule has 0 saturated carbocycles. The second-order valence-corrected chi connectivity index (χ2v) is 6.98. The maximum absolute atomic E-state index is 12.7. The van der Waals surface area contributed by atoms with Crippen LogP contribution >= 0.6 is 11.6 Å². The highest BCUT2D eigenvalue weighted by molar-refractivity contribution is 6.44. The average molecular weight is 385 g/mol. The van der Waals surface area contributed by atoms with Gasteiger partial charge in [0, 0.05) is 26.2 Å². The predicted molar refractivity (Wildman–Crippen MR) is 110 cm³/mol. The number of hydrogen-bond acceptors (Lipinski definition) is 5. The second kappa shape index (κ2) is 7.80. The van der Waals surface area contributed by atoms with E-state index in [0.717, 1.165) is 11.4 Å². The van der Waals surface area contributed by atoms with Gasteiger partial charge in [-0.25, -0.2) is 0 Å². The van der Waals surface area contributed by atoms with E-state index in [1.165, 1.54) is 6.92 Å². The van der Waals surface area contributed by atoms with Gasteiger partial charge in [-0.1, -0.05) is 29.8 Å². The van der Waals surface area contributed by atoms with Crippen molar-refractivity contribution in [2.24, 2.45) is 5.10 Å². The highest BCUT2D eigenvalue weighted by Crippen LogP contribution is 2.28. The van der Waals surface area contributed by atoms with E-state index in [0.29, 0.717) is 16.4 Å². The highest BCUT2D eigenvalue weighted by atomic mass is 35.5. The first-order valence-electron chi connectivity index (χ1n) is 8.57. The van der Waals surface area contributed by atoms with Crippen LogP contribution in [-0.2, 0) is 9.59 Å². The Bertz CT molecular complexity index is 896. The average Bonchev–Trinajstić information content (AvgIpc) is 3.08. The number of carbonyl (C=O) groups is 2. The molecule has 1 aliphatic rings. The predicted octanol–water partition coefficient (Wildman–Crippen LogP) is 3.57. The third-order valence-electron chi connectivity index (χ3n) is 4.35. The Morgan fingerprint density at radius 1 is 1.19 bits per heavy atom. The quantitative estimate of drug-likeness (QED) is 0.855. The first-order valence-corrected chi connectivity index (χ1v) is 8.95. The number of amides is 1. The molecule has 0 bridgehead atoms. The summed E-state index contributed by atoms with van der Waals surface area (Å²) in [7, 11) is 3.79. The number of para-hydroxylation sites is 1. The zero-order valence-electron chi connectivity index (χ0n) is 15.4. The Morgan fingerprint density at radius 3 is 2.48 bits per heavy atom. The minimum atomic E-state index is -0.479. The molecule has 0 radical (unpaired) electrons. The summed E-state index contributed by atoms with van der Waals surface area (Å²) >= 11 is 6.26. The Balaban J connectivity index is 1.80. The minimum absolute atomic E-state index is 0.0382. The molecular formula is C20H21ClN4O2. The molecule has 3 rings (SSSR count). The van der Waals surface area contributed by atoms with Crippen LogP contribution in [-0.4, -0.2) is 37.5 Å². The number of carbonyl (C=O) groups excluding carboxylic acids is 2. The van der Waals surface area contributed by atoms with E-state index in [-0.39, 0.29) is 18.1 Å².